The molecule has 2 nitrogen and oxygen atoms in total. The van der Waals surface area contributed by atoms with Crippen LogP contribution in [0, 0.1) is 0 Å². The number of aryl methyl sites for hydroxylation is 2. The molecule has 0 saturated heterocycles. The molecule has 0 bridgehead atoms. The highest BCUT2D eigenvalue weighted by molar-refractivity contribution is 5.77. The molecule has 2 heteroatoms. The fourth-order valence-electron chi connectivity index (χ4n) is 4.87. The number of fused-ring (bicyclic) bond motifs is 3. The van der Waals surface area contributed by atoms with Gasteiger partial charge < -0.3 is 10.2 Å². The standard InChI is InChI=1S/C25H33N.C6H15N/c1-6-10-11-12-21-14-22-15-23(9-4)26-17-20(8-3)18(5)13-25(26)24(22)16-19(21)7-2;1-4-5-6(2)7-3/h8,13-14,16-17,23H,3,5-7,9-12,15H2,1-2,4H3;6-7H,4-5H2,1-3H3. The van der Waals surface area contributed by atoms with Crippen molar-refractivity contribution in [1.82, 2.24) is 10.2 Å². The summed E-state index contributed by atoms with van der Waals surface area (Å²) in [5.74, 6) is 0. The van der Waals surface area contributed by atoms with Gasteiger partial charge in [-0.05, 0) is 92.5 Å². The second-order valence-corrected chi connectivity index (χ2v) is 9.58. The van der Waals surface area contributed by atoms with Crippen molar-refractivity contribution in [3.8, 4) is 0 Å². The molecule has 0 spiro atoms. The van der Waals surface area contributed by atoms with Gasteiger partial charge in [0.15, 0.2) is 0 Å². The quantitative estimate of drug-likeness (QED) is 0.365. The maximum Gasteiger partial charge on any atom is 0.0491 e. The largest absolute Gasteiger partial charge is 0.343 e. The van der Waals surface area contributed by atoms with Crippen LogP contribution in [0.3, 0.4) is 0 Å². The van der Waals surface area contributed by atoms with Crippen LogP contribution in [0.4, 0.5) is 0 Å². The molecule has 0 aliphatic carbocycles. The van der Waals surface area contributed by atoms with Crippen molar-refractivity contribution in [2.45, 2.75) is 104 Å². The fraction of sp³-hybridized carbons (Fsp3) is 0.548. The molecule has 1 aromatic carbocycles. The molecule has 182 valence electrons. The summed E-state index contributed by atoms with van der Waals surface area (Å²) < 4.78 is 0. The molecule has 2 aliphatic rings. The van der Waals surface area contributed by atoms with Crippen LogP contribution < -0.4 is 5.32 Å². The molecule has 2 unspecified atom stereocenters. The zero-order valence-electron chi connectivity index (χ0n) is 22.3. The Labute approximate surface area is 204 Å². The van der Waals surface area contributed by atoms with E-state index in [0.29, 0.717) is 12.1 Å². The molecule has 1 N–H and O–H groups in total. The van der Waals surface area contributed by atoms with Crippen molar-refractivity contribution < 1.29 is 0 Å². The molecular weight excluding hydrogens is 400 g/mol. The van der Waals surface area contributed by atoms with Gasteiger partial charge in [-0.25, -0.2) is 0 Å². The van der Waals surface area contributed by atoms with E-state index in [2.05, 4.69) is 82.4 Å². The molecule has 33 heavy (non-hydrogen) atoms. The van der Waals surface area contributed by atoms with Crippen LogP contribution in [0.15, 0.2) is 54.8 Å². The number of allylic oxidation sites excluding steroid dienone is 4. The summed E-state index contributed by atoms with van der Waals surface area (Å²) >= 11 is 0. The van der Waals surface area contributed by atoms with Crippen molar-refractivity contribution in [1.29, 1.82) is 0 Å². The third-order valence-electron chi connectivity index (χ3n) is 7.12. The third kappa shape index (κ3) is 6.96. The van der Waals surface area contributed by atoms with E-state index >= 15 is 0 Å². The van der Waals surface area contributed by atoms with Crippen LogP contribution in [0.2, 0.25) is 0 Å². The molecule has 0 fully saturated rings. The molecule has 2 aliphatic heterocycles. The number of benzene rings is 1. The van der Waals surface area contributed by atoms with Gasteiger partial charge in [0.1, 0.15) is 0 Å². The Hall–Kier alpha value is -2.06. The van der Waals surface area contributed by atoms with E-state index in [1.54, 1.807) is 5.56 Å². The zero-order valence-corrected chi connectivity index (χ0v) is 22.3. The van der Waals surface area contributed by atoms with E-state index < -0.39 is 0 Å². The topological polar surface area (TPSA) is 15.3 Å². The summed E-state index contributed by atoms with van der Waals surface area (Å²) in [5, 5.41) is 3.17. The first-order valence-corrected chi connectivity index (χ1v) is 13.3. The fourth-order valence-corrected chi connectivity index (χ4v) is 4.87. The lowest BCUT2D eigenvalue weighted by molar-refractivity contribution is 0.353. The van der Waals surface area contributed by atoms with Crippen molar-refractivity contribution in [3.63, 3.8) is 0 Å². The smallest absolute Gasteiger partial charge is 0.0491 e. The van der Waals surface area contributed by atoms with Gasteiger partial charge in [-0.15, -0.1) is 0 Å². The van der Waals surface area contributed by atoms with Crippen LogP contribution in [-0.4, -0.2) is 24.0 Å². The van der Waals surface area contributed by atoms with Gasteiger partial charge in [0.25, 0.3) is 0 Å². The summed E-state index contributed by atoms with van der Waals surface area (Å²) in [6, 6.07) is 6.19. The Morgan fingerprint density at radius 1 is 1.12 bits per heavy atom. The van der Waals surface area contributed by atoms with Crippen molar-refractivity contribution in [3.05, 3.63) is 77.0 Å². The number of hydrogen-bond donors (Lipinski definition) is 1. The van der Waals surface area contributed by atoms with E-state index in [1.807, 2.05) is 13.1 Å². The lowest BCUT2D eigenvalue weighted by Gasteiger charge is -2.41. The lowest BCUT2D eigenvalue weighted by Crippen LogP contribution is -2.37. The lowest BCUT2D eigenvalue weighted by atomic mass is 9.83. The summed E-state index contributed by atoms with van der Waals surface area (Å²) in [5.41, 5.74) is 9.54. The Balaban J connectivity index is 0.000000479. The molecule has 1 aromatic rings. The Bertz CT molecular complexity index is 858. The first-order chi connectivity index (χ1) is 15.9. The molecule has 0 aromatic heterocycles. The van der Waals surface area contributed by atoms with E-state index in [-0.39, 0.29) is 0 Å². The minimum absolute atomic E-state index is 0.521. The zero-order chi connectivity index (χ0) is 24.4. The minimum atomic E-state index is 0.521. The van der Waals surface area contributed by atoms with E-state index in [0.717, 1.165) is 30.4 Å². The number of nitrogens with zero attached hydrogens (tertiary/aromatic N) is 1. The summed E-state index contributed by atoms with van der Waals surface area (Å²) in [4.78, 5) is 2.46. The van der Waals surface area contributed by atoms with Crippen LogP contribution in [0.5, 0.6) is 0 Å². The molecule has 3 rings (SSSR count). The van der Waals surface area contributed by atoms with Gasteiger partial charge in [-0.3, -0.25) is 0 Å². The van der Waals surface area contributed by atoms with Crippen molar-refractivity contribution >= 4 is 5.70 Å². The van der Waals surface area contributed by atoms with Gasteiger partial charge in [0.2, 0.25) is 0 Å². The molecule has 2 atom stereocenters. The van der Waals surface area contributed by atoms with Crippen molar-refractivity contribution in [2.24, 2.45) is 0 Å². The Morgan fingerprint density at radius 3 is 2.42 bits per heavy atom. The maximum atomic E-state index is 4.25. The van der Waals surface area contributed by atoms with Crippen molar-refractivity contribution in [2.75, 3.05) is 7.05 Å². The van der Waals surface area contributed by atoms with E-state index in [1.165, 1.54) is 60.9 Å². The van der Waals surface area contributed by atoms with Crippen LogP contribution in [0.25, 0.3) is 5.70 Å². The van der Waals surface area contributed by atoms with Gasteiger partial charge in [-0.2, -0.15) is 0 Å². The minimum Gasteiger partial charge on any atom is -0.343 e. The predicted molar refractivity (Wildman–Crippen MR) is 147 cm³/mol. The molecule has 0 amide bonds. The normalized spacial score (nSPS) is 17.8. The van der Waals surface area contributed by atoms with Crippen LogP contribution in [-0.2, 0) is 19.3 Å². The van der Waals surface area contributed by atoms with Gasteiger partial charge in [0.05, 0.1) is 0 Å². The van der Waals surface area contributed by atoms with Gasteiger partial charge in [0, 0.05) is 29.5 Å². The average molecular weight is 449 g/mol. The second kappa shape index (κ2) is 13.6. The highest BCUT2D eigenvalue weighted by atomic mass is 15.2. The number of rotatable bonds is 10. The Morgan fingerprint density at radius 2 is 1.88 bits per heavy atom. The number of unbranched alkanes of at least 4 members (excludes halogenated alkanes) is 2. The maximum absolute atomic E-state index is 4.25. The highest BCUT2D eigenvalue weighted by Crippen LogP contribution is 2.40. The third-order valence-corrected chi connectivity index (χ3v) is 7.12. The van der Waals surface area contributed by atoms with E-state index in [4.69, 9.17) is 0 Å². The molecule has 2 heterocycles. The summed E-state index contributed by atoms with van der Waals surface area (Å²) in [6.45, 7) is 19.5. The average Bonchev–Trinajstić information content (AvgIpc) is 2.83. The van der Waals surface area contributed by atoms with Gasteiger partial charge in [-0.1, -0.05) is 72.3 Å². The van der Waals surface area contributed by atoms with Crippen LogP contribution in [0.1, 0.15) is 95.4 Å². The second-order valence-electron chi connectivity index (χ2n) is 9.58. The number of nitrogens with one attached hydrogen (secondary N) is 1. The summed E-state index contributed by atoms with van der Waals surface area (Å²) in [7, 11) is 2.00. The molecule has 0 radical (unpaired) electrons. The Kier molecular flexibility index (Phi) is 11.2. The SMILES string of the molecule is C=CC1=CN2C(=CC1=C)c1cc(CC)c(CCCCC)cc1CC2CC.CCCC(C)NC. The highest BCUT2D eigenvalue weighted by Gasteiger charge is 2.30. The molecule has 0 saturated carbocycles. The van der Waals surface area contributed by atoms with Gasteiger partial charge >= 0.3 is 0 Å². The first kappa shape index (κ1) is 27.2. The predicted octanol–water partition coefficient (Wildman–Crippen LogP) is 7.99. The van der Waals surface area contributed by atoms with Crippen LogP contribution >= 0.6 is 0 Å². The number of hydrogen-bond acceptors (Lipinski definition) is 2. The monoisotopic (exact) mass is 448 g/mol. The molecular formula is C31H48N2. The van der Waals surface area contributed by atoms with E-state index in [9.17, 15) is 0 Å². The summed E-state index contributed by atoms with van der Waals surface area (Å²) in [6.07, 6.45) is 17.5. The first-order valence-electron chi connectivity index (χ1n) is 13.3.